The van der Waals surface area contributed by atoms with Crippen LogP contribution in [0.2, 0.25) is 0 Å². The lowest BCUT2D eigenvalue weighted by Crippen LogP contribution is -2.68. The van der Waals surface area contributed by atoms with E-state index in [2.05, 4.69) is 13.8 Å². The minimum atomic E-state index is -1.73. The van der Waals surface area contributed by atoms with Crippen LogP contribution in [0.5, 0.6) is 0 Å². The van der Waals surface area contributed by atoms with Crippen molar-refractivity contribution < 1.29 is 19.0 Å². The van der Waals surface area contributed by atoms with Crippen LogP contribution in [-0.2, 0) is 9.53 Å². The van der Waals surface area contributed by atoms with Crippen LogP contribution in [0.1, 0.15) is 52.9 Å². The molecule has 3 fully saturated rings. The van der Waals surface area contributed by atoms with Gasteiger partial charge in [-0.15, -0.1) is 11.8 Å². The van der Waals surface area contributed by atoms with E-state index in [0.717, 1.165) is 24.8 Å². The first-order valence-corrected chi connectivity index (χ1v) is 11.5. The number of ketones is 1. The molecule has 4 aliphatic carbocycles. The summed E-state index contributed by atoms with van der Waals surface area (Å²) in [4.78, 5) is 11.9. The fourth-order valence-electron chi connectivity index (χ4n) is 6.84. The molecular weight excluding hydrogens is 363 g/mol. The van der Waals surface area contributed by atoms with Crippen LogP contribution < -0.4 is 0 Å². The first-order chi connectivity index (χ1) is 12.6. The second kappa shape index (κ2) is 6.17. The SMILES string of the molecule is CSCO[C@]1(C)CC[C@H]2[C@@H]3CCC4=CC(=O)C=C[C@]4(C)C3(F)[C@@H](O)C[C@@]21C. The summed E-state index contributed by atoms with van der Waals surface area (Å²) >= 11 is 1.66. The van der Waals surface area contributed by atoms with Crippen LogP contribution in [0.4, 0.5) is 4.39 Å². The van der Waals surface area contributed by atoms with Gasteiger partial charge >= 0.3 is 0 Å². The molecule has 4 rings (SSSR count). The molecule has 27 heavy (non-hydrogen) atoms. The highest BCUT2D eigenvalue weighted by Gasteiger charge is 2.72. The standard InChI is InChI=1S/C22H31FO3S/c1-19-9-7-15(24)11-14(19)5-6-17-16-8-10-21(3,26-13-27-4)20(16,2)12-18(25)22(17,19)23/h7,9,11,16-18,25H,5-6,8,10,12-13H2,1-4H3/t16-,17-,18-,19-,20-,21+,22?/m0/s1. The summed E-state index contributed by atoms with van der Waals surface area (Å²) in [5.74, 6) is 0.516. The topological polar surface area (TPSA) is 46.5 Å². The summed E-state index contributed by atoms with van der Waals surface area (Å²) in [6.45, 7) is 6.22. The minimum absolute atomic E-state index is 0.0708. The van der Waals surface area contributed by atoms with Crippen LogP contribution in [0.3, 0.4) is 0 Å². The molecule has 0 heterocycles. The number of allylic oxidation sites excluding steroid dienone is 4. The van der Waals surface area contributed by atoms with Gasteiger partial charge < -0.3 is 9.84 Å². The van der Waals surface area contributed by atoms with E-state index < -0.39 is 17.2 Å². The van der Waals surface area contributed by atoms with E-state index in [1.165, 1.54) is 6.08 Å². The fraction of sp³-hybridized carbons (Fsp3) is 0.773. The van der Waals surface area contributed by atoms with E-state index in [0.29, 0.717) is 18.8 Å². The van der Waals surface area contributed by atoms with E-state index in [1.807, 2.05) is 13.2 Å². The number of alkyl halides is 1. The van der Waals surface area contributed by atoms with Crippen molar-refractivity contribution >= 4 is 17.5 Å². The molecule has 1 N–H and O–H groups in total. The molecule has 0 aliphatic heterocycles. The predicted octanol–water partition coefficient (Wildman–Crippen LogP) is 4.45. The summed E-state index contributed by atoms with van der Waals surface area (Å²) in [6, 6.07) is 0. The molecule has 0 aromatic carbocycles. The Morgan fingerprint density at radius 1 is 1.30 bits per heavy atom. The maximum atomic E-state index is 16.9. The number of carbonyl (C=O) groups is 1. The number of aliphatic hydroxyl groups excluding tert-OH is 1. The van der Waals surface area contributed by atoms with Crippen molar-refractivity contribution in [2.75, 3.05) is 12.2 Å². The Balaban J connectivity index is 1.75. The van der Waals surface area contributed by atoms with Gasteiger partial charge in [0.2, 0.25) is 0 Å². The lowest BCUT2D eigenvalue weighted by Gasteiger charge is -2.63. The number of aliphatic hydroxyl groups is 1. The molecule has 5 heteroatoms. The Morgan fingerprint density at radius 3 is 2.74 bits per heavy atom. The molecule has 0 amide bonds. The summed E-state index contributed by atoms with van der Waals surface area (Å²) in [5, 5.41) is 11.2. The van der Waals surface area contributed by atoms with Crippen LogP contribution in [0.15, 0.2) is 23.8 Å². The quantitative estimate of drug-likeness (QED) is 0.718. The van der Waals surface area contributed by atoms with Gasteiger partial charge in [0.1, 0.15) is 0 Å². The zero-order valence-corrected chi connectivity index (χ0v) is 17.6. The van der Waals surface area contributed by atoms with Crippen molar-refractivity contribution in [1.29, 1.82) is 0 Å². The second-order valence-electron chi connectivity index (χ2n) is 9.59. The fourth-order valence-corrected chi connectivity index (χ4v) is 7.22. The van der Waals surface area contributed by atoms with Gasteiger partial charge in [-0.3, -0.25) is 4.79 Å². The Bertz CT molecular complexity index is 720. The van der Waals surface area contributed by atoms with Gasteiger partial charge in [-0.05, 0) is 70.3 Å². The van der Waals surface area contributed by atoms with E-state index in [-0.39, 0.29) is 28.6 Å². The molecule has 0 aromatic heterocycles. The number of ether oxygens (including phenoxy) is 1. The predicted molar refractivity (Wildman–Crippen MR) is 106 cm³/mol. The van der Waals surface area contributed by atoms with Gasteiger partial charge in [0, 0.05) is 16.7 Å². The van der Waals surface area contributed by atoms with Crippen molar-refractivity contribution in [2.45, 2.75) is 70.2 Å². The number of rotatable bonds is 3. The van der Waals surface area contributed by atoms with Crippen LogP contribution in [0, 0.1) is 22.7 Å². The van der Waals surface area contributed by atoms with Crippen LogP contribution >= 0.6 is 11.8 Å². The Labute approximate surface area is 165 Å². The monoisotopic (exact) mass is 394 g/mol. The summed E-state index contributed by atoms with van der Waals surface area (Å²) in [6.07, 6.45) is 9.41. The molecule has 150 valence electrons. The van der Waals surface area contributed by atoms with Gasteiger partial charge in [-0.25, -0.2) is 4.39 Å². The van der Waals surface area contributed by atoms with E-state index >= 15 is 4.39 Å². The molecule has 3 saturated carbocycles. The number of fused-ring (bicyclic) bond motifs is 5. The van der Waals surface area contributed by atoms with Crippen molar-refractivity contribution in [1.82, 2.24) is 0 Å². The summed E-state index contributed by atoms with van der Waals surface area (Å²) in [7, 11) is 0. The van der Waals surface area contributed by atoms with Gasteiger partial charge in [0.05, 0.1) is 17.6 Å². The van der Waals surface area contributed by atoms with Crippen molar-refractivity contribution in [3.05, 3.63) is 23.8 Å². The molecule has 4 aliphatic rings. The maximum absolute atomic E-state index is 16.9. The van der Waals surface area contributed by atoms with Crippen LogP contribution in [-0.4, -0.2) is 40.5 Å². The van der Waals surface area contributed by atoms with E-state index in [1.54, 1.807) is 23.9 Å². The summed E-state index contributed by atoms with van der Waals surface area (Å²) < 4.78 is 23.2. The van der Waals surface area contributed by atoms with Gasteiger partial charge in [-0.2, -0.15) is 0 Å². The molecular formula is C22H31FO3S. The number of hydrogen-bond donors (Lipinski definition) is 1. The smallest absolute Gasteiger partial charge is 0.178 e. The lowest BCUT2D eigenvalue weighted by molar-refractivity contribution is -0.220. The third kappa shape index (κ3) is 2.37. The summed E-state index contributed by atoms with van der Waals surface area (Å²) in [5.41, 5.74) is -2.37. The van der Waals surface area contributed by atoms with Gasteiger partial charge in [0.15, 0.2) is 11.5 Å². The van der Waals surface area contributed by atoms with Crippen molar-refractivity contribution in [3.63, 3.8) is 0 Å². The zero-order valence-electron chi connectivity index (χ0n) is 16.8. The molecule has 7 atom stereocenters. The van der Waals surface area contributed by atoms with Crippen molar-refractivity contribution in [2.24, 2.45) is 22.7 Å². The van der Waals surface area contributed by atoms with E-state index in [9.17, 15) is 9.90 Å². The average molecular weight is 395 g/mol. The Morgan fingerprint density at radius 2 is 2.04 bits per heavy atom. The molecule has 0 spiro atoms. The zero-order chi connectivity index (χ0) is 19.7. The number of carbonyl (C=O) groups excluding carboxylic acids is 1. The number of halogens is 1. The molecule has 0 aromatic rings. The highest BCUT2D eigenvalue weighted by Crippen LogP contribution is 2.70. The van der Waals surface area contributed by atoms with Gasteiger partial charge in [0.25, 0.3) is 0 Å². The molecule has 0 saturated heterocycles. The third-order valence-electron chi connectivity index (χ3n) is 8.67. The minimum Gasteiger partial charge on any atom is -0.390 e. The normalized spacial score (nSPS) is 51.4. The third-order valence-corrected chi connectivity index (χ3v) is 9.02. The molecule has 0 radical (unpaired) electrons. The lowest BCUT2D eigenvalue weighted by atomic mass is 9.45. The average Bonchev–Trinajstić information content (AvgIpc) is 2.87. The molecule has 0 bridgehead atoms. The van der Waals surface area contributed by atoms with Crippen molar-refractivity contribution in [3.8, 4) is 0 Å². The largest absolute Gasteiger partial charge is 0.390 e. The number of hydrogen-bond acceptors (Lipinski definition) is 4. The van der Waals surface area contributed by atoms with E-state index in [4.69, 9.17) is 4.74 Å². The number of thioether (sulfide) groups is 1. The molecule has 3 nitrogen and oxygen atoms in total. The first-order valence-electron chi connectivity index (χ1n) is 10.1. The van der Waals surface area contributed by atoms with Crippen LogP contribution in [0.25, 0.3) is 0 Å². The maximum Gasteiger partial charge on any atom is 0.178 e. The Kier molecular flexibility index (Phi) is 4.49. The highest BCUT2D eigenvalue weighted by atomic mass is 32.2. The first kappa shape index (κ1) is 19.7. The van der Waals surface area contributed by atoms with Gasteiger partial charge in [-0.1, -0.05) is 18.6 Å². The Hall–Kier alpha value is -0.650. The second-order valence-corrected chi connectivity index (χ2v) is 10.4. The molecule has 1 unspecified atom stereocenters. The highest BCUT2D eigenvalue weighted by molar-refractivity contribution is 7.98.